The average Bonchev–Trinajstić information content (AvgIpc) is 2.27. The van der Waals surface area contributed by atoms with Gasteiger partial charge in [-0.25, -0.2) is 0 Å². The zero-order chi connectivity index (χ0) is 11.1. The molecule has 0 saturated heterocycles. The molecule has 1 amide bonds. The van der Waals surface area contributed by atoms with Crippen LogP contribution in [0.5, 0.6) is 0 Å². The highest BCUT2D eigenvalue weighted by Crippen LogP contribution is 1.99. The summed E-state index contributed by atoms with van der Waals surface area (Å²) in [7, 11) is 3.30. The predicted molar refractivity (Wildman–Crippen MR) is 57.5 cm³/mol. The van der Waals surface area contributed by atoms with Gasteiger partial charge in [0, 0.05) is 33.1 Å². The highest BCUT2D eigenvalue weighted by Gasteiger charge is 2.07. The number of rotatable bonds is 5. The first-order valence-electron chi connectivity index (χ1n) is 4.86. The summed E-state index contributed by atoms with van der Waals surface area (Å²) in [6.45, 7) is 0.846. The highest BCUT2D eigenvalue weighted by atomic mass is 16.5. The zero-order valence-corrected chi connectivity index (χ0v) is 9.14. The van der Waals surface area contributed by atoms with Gasteiger partial charge in [0.05, 0.1) is 0 Å². The molecule has 0 N–H and O–H groups in total. The number of nitrogens with zero attached hydrogens (tertiary/aromatic N) is 2. The first kappa shape index (κ1) is 11.7. The Labute approximate surface area is 89.9 Å². The van der Waals surface area contributed by atoms with Gasteiger partial charge in [-0.1, -0.05) is 0 Å². The lowest BCUT2D eigenvalue weighted by molar-refractivity contribution is -0.133. The molecule has 15 heavy (non-hydrogen) atoms. The Morgan fingerprint density at radius 1 is 1.47 bits per heavy atom. The number of likely N-dealkylation sites (N-methyl/N-ethyl adjacent to an activating group) is 1. The fourth-order valence-electron chi connectivity index (χ4n) is 1.20. The molecule has 1 heterocycles. The maximum atomic E-state index is 11.4. The Kier molecular flexibility index (Phi) is 4.77. The normalized spacial score (nSPS) is 10.0. The van der Waals surface area contributed by atoms with Crippen molar-refractivity contribution in [1.82, 2.24) is 9.88 Å². The van der Waals surface area contributed by atoms with Gasteiger partial charge in [-0.05, 0) is 24.1 Å². The van der Waals surface area contributed by atoms with E-state index in [1.807, 2.05) is 12.1 Å². The Morgan fingerprint density at radius 3 is 2.73 bits per heavy atom. The molecule has 4 nitrogen and oxygen atoms in total. The molecule has 82 valence electrons. The summed E-state index contributed by atoms with van der Waals surface area (Å²) < 4.78 is 4.78. The molecule has 1 aromatic heterocycles. The van der Waals surface area contributed by atoms with E-state index in [1.165, 1.54) is 12.7 Å². The second kappa shape index (κ2) is 6.14. The largest absolute Gasteiger partial charge is 0.375 e. The molecule has 0 fully saturated rings. The topological polar surface area (TPSA) is 42.4 Å². The lowest BCUT2D eigenvalue weighted by atomic mass is 10.2. The number of hydrogen-bond donors (Lipinski definition) is 0. The summed E-state index contributed by atoms with van der Waals surface area (Å²) >= 11 is 0. The predicted octanol–water partition coefficient (Wildman–Crippen LogP) is 0.729. The Morgan fingerprint density at radius 2 is 2.13 bits per heavy atom. The lowest BCUT2D eigenvalue weighted by Crippen LogP contribution is -2.31. The SMILES string of the molecule is COCC(=O)N(C)CCc1ccncc1. The van der Waals surface area contributed by atoms with Gasteiger partial charge in [0.1, 0.15) is 6.61 Å². The summed E-state index contributed by atoms with van der Waals surface area (Å²) in [6, 6.07) is 3.91. The molecule has 0 saturated carbocycles. The van der Waals surface area contributed by atoms with Gasteiger partial charge in [-0.15, -0.1) is 0 Å². The quantitative estimate of drug-likeness (QED) is 0.716. The third-order valence-corrected chi connectivity index (χ3v) is 2.18. The molecule has 0 aromatic carbocycles. The van der Waals surface area contributed by atoms with Crippen LogP contribution in [-0.2, 0) is 16.0 Å². The van der Waals surface area contributed by atoms with Crippen molar-refractivity contribution >= 4 is 5.91 Å². The monoisotopic (exact) mass is 208 g/mol. The van der Waals surface area contributed by atoms with Crippen LogP contribution >= 0.6 is 0 Å². The summed E-state index contributed by atoms with van der Waals surface area (Å²) in [5.41, 5.74) is 1.18. The van der Waals surface area contributed by atoms with Crippen LogP contribution < -0.4 is 0 Å². The van der Waals surface area contributed by atoms with Crippen molar-refractivity contribution in [3.05, 3.63) is 30.1 Å². The average molecular weight is 208 g/mol. The van der Waals surface area contributed by atoms with Crippen LogP contribution in [0.3, 0.4) is 0 Å². The van der Waals surface area contributed by atoms with Gasteiger partial charge in [-0.3, -0.25) is 9.78 Å². The number of methoxy groups -OCH3 is 1. The summed E-state index contributed by atoms with van der Waals surface area (Å²) in [5, 5.41) is 0. The second-order valence-corrected chi connectivity index (χ2v) is 3.35. The third kappa shape index (κ3) is 4.08. The molecule has 0 aliphatic heterocycles. The second-order valence-electron chi connectivity index (χ2n) is 3.35. The first-order valence-corrected chi connectivity index (χ1v) is 4.86. The number of amides is 1. The number of hydrogen-bond acceptors (Lipinski definition) is 3. The fraction of sp³-hybridized carbons (Fsp3) is 0.455. The van der Waals surface area contributed by atoms with Crippen LogP contribution in [0.1, 0.15) is 5.56 Å². The fourth-order valence-corrected chi connectivity index (χ4v) is 1.20. The molecule has 1 aromatic rings. The number of carbonyl (C=O) groups excluding carboxylic acids is 1. The van der Waals surface area contributed by atoms with E-state index in [1.54, 1.807) is 24.3 Å². The minimum Gasteiger partial charge on any atom is -0.375 e. The Balaban J connectivity index is 2.34. The maximum Gasteiger partial charge on any atom is 0.248 e. The number of ether oxygens (including phenoxy) is 1. The van der Waals surface area contributed by atoms with Crippen LogP contribution in [-0.4, -0.2) is 43.1 Å². The minimum atomic E-state index is 0.00607. The maximum absolute atomic E-state index is 11.4. The van der Waals surface area contributed by atoms with E-state index in [-0.39, 0.29) is 12.5 Å². The van der Waals surface area contributed by atoms with Crippen molar-refractivity contribution in [3.63, 3.8) is 0 Å². The summed E-state index contributed by atoms with van der Waals surface area (Å²) in [4.78, 5) is 17.0. The van der Waals surface area contributed by atoms with Gasteiger partial charge in [0.15, 0.2) is 0 Å². The van der Waals surface area contributed by atoms with Crippen LogP contribution in [0.4, 0.5) is 0 Å². The van der Waals surface area contributed by atoms with Crippen LogP contribution in [0, 0.1) is 0 Å². The smallest absolute Gasteiger partial charge is 0.248 e. The van der Waals surface area contributed by atoms with Gasteiger partial charge < -0.3 is 9.64 Å². The van der Waals surface area contributed by atoms with E-state index in [0.29, 0.717) is 6.54 Å². The van der Waals surface area contributed by atoms with E-state index in [4.69, 9.17) is 4.74 Å². The molecule has 0 spiro atoms. The van der Waals surface area contributed by atoms with Gasteiger partial charge in [0.2, 0.25) is 5.91 Å². The third-order valence-electron chi connectivity index (χ3n) is 2.18. The number of aromatic nitrogens is 1. The van der Waals surface area contributed by atoms with E-state index < -0.39 is 0 Å². The van der Waals surface area contributed by atoms with E-state index in [9.17, 15) is 4.79 Å². The van der Waals surface area contributed by atoms with Crippen molar-refractivity contribution in [2.45, 2.75) is 6.42 Å². The summed E-state index contributed by atoms with van der Waals surface area (Å²) in [5.74, 6) is 0.00607. The lowest BCUT2D eigenvalue weighted by Gasteiger charge is -2.16. The molecule has 1 rings (SSSR count). The van der Waals surface area contributed by atoms with E-state index in [2.05, 4.69) is 4.98 Å². The number of pyridine rings is 1. The number of carbonyl (C=O) groups is 1. The molecule has 0 unspecified atom stereocenters. The zero-order valence-electron chi connectivity index (χ0n) is 9.14. The minimum absolute atomic E-state index is 0.00607. The highest BCUT2D eigenvalue weighted by molar-refractivity contribution is 5.77. The van der Waals surface area contributed by atoms with Gasteiger partial charge in [-0.2, -0.15) is 0 Å². The standard InChI is InChI=1S/C11H16N2O2/c1-13(11(14)9-15-2)8-5-10-3-6-12-7-4-10/h3-4,6-7H,5,8-9H2,1-2H3. The van der Waals surface area contributed by atoms with E-state index >= 15 is 0 Å². The molecule has 0 aliphatic rings. The molecule has 4 heteroatoms. The molecular formula is C11H16N2O2. The van der Waals surface area contributed by atoms with Gasteiger partial charge >= 0.3 is 0 Å². The van der Waals surface area contributed by atoms with Crippen molar-refractivity contribution in [2.24, 2.45) is 0 Å². The van der Waals surface area contributed by atoms with Crippen molar-refractivity contribution < 1.29 is 9.53 Å². The Hall–Kier alpha value is -1.42. The van der Waals surface area contributed by atoms with Crippen molar-refractivity contribution in [2.75, 3.05) is 27.3 Å². The first-order chi connectivity index (χ1) is 7.24. The Bertz CT molecular complexity index is 301. The van der Waals surface area contributed by atoms with Crippen LogP contribution in [0.15, 0.2) is 24.5 Å². The molecule has 0 atom stereocenters. The molecule has 0 radical (unpaired) electrons. The molecule has 0 bridgehead atoms. The summed E-state index contributed by atoms with van der Waals surface area (Å²) in [6.07, 6.45) is 4.35. The van der Waals surface area contributed by atoms with Crippen molar-refractivity contribution in [1.29, 1.82) is 0 Å². The van der Waals surface area contributed by atoms with Crippen LogP contribution in [0.2, 0.25) is 0 Å². The molecular weight excluding hydrogens is 192 g/mol. The van der Waals surface area contributed by atoms with E-state index in [0.717, 1.165) is 6.42 Å². The van der Waals surface area contributed by atoms with Crippen molar-refractivity contribution in [3.8, 4) is 0 Å². The van der Waals surface area contributed by atoms with Gasteiger partial charge in [0.25, 0.3) is 0 Å². The van der Waals surface area contributed by atoms with Crippen LogP contribution in [0.25, 0.3) is 0 Å². The molecule has 0 aliphatic carbocycles.